The number of fused-ring (bicyclic) bond motifs is 2. The maximum atomic E-state index is 10.1. The van der Waals surface area contributed by atoms with E-state index in [0.29, 0.717) is 17.8 Å². The molecule has 0 bridgehead atoms. The Kier molecular flexibility index (Phi) is 8.23. The third-order valence-corrected chi connectivity index (χ3v) is 7.79. The second-order valence-electron chi connectivity index (χ2n) is 8.69. The second-order valence-corrected chi connectivity index (χ2v) is 9.72. The van der Waals surface area contributed by atoms with E-state index in [0.717, 1.165) is 28.9 Å². The SMILES string of the molecule is C[C@H]1CCC2CC[C@H](C)C(O)C2C1O.[Ir].[c-]1ccccc1-c1nc2ccccc2s1. The summed E-state index contributed by atoms with van der Waals surface area (Å²) in [5.74, 6) is 1.47. The summed E-state index contributed by atoms with van der Waals surface area (Å²) in [6.45, 7) is 4.21. The molecule has 2 N–H and O–H groups in total. The molecule has 1 heterocycles. The van der Waals surface area contributed by atoms with Crippen molar-refractivity contribution in [2.24, 2.45) is 23.7 Å². The molecular weight excluding hydrogens is 571 g/mol. The first-order valence-electron chi connectivity index (χ1n) is 10.7. The van der Waals surface area contributed by atoms with Gasteiger partial charge in [-0.2, -0.15) is 11.3 Å². The van der Waals surface area contributed by atoms with Crippen LogP contribution in [0.5, 0.6) is 0 Å². The van der Waals surface area contributed by atoms with E-state index in [1.165, 1.54) is 17.5 Å². The molecule has 163 valence electrons. The van der Waals surface area contributed by atoms with Crippen LogP contribution >= 0.6 is 11.3 Å². The van der Waals surface area contributed by atoms with Gasteiger partial charge in [0.15, 0.2) is 0 Å². The van der Waals surface area contributed by atoms with E-state index in [1.807, 2.05) is 42.5 Å². The van der Waals surface area contributed by atoms with E-state index in [4.69, 9.17) is 0 Å². The summed E-state index contributed by atoms with van der Waals surface area (Å²) in [5, 5.41) is 21.2. The number of para-hydroxylation sites is 1. The summed E-state index contributed by atoms with van der Waals surface area (Å²) < 4.78 is 1.23. The Morgan fingerprint density at radius 1 is 0.900 bits per heavy atom. The third kappa shape index (κ3) is 5.03. The van der Waals surface area contributed by atoms with E-state index >= 15 is 0 Å². The minimum Gasteiger partial charge on any atom is -0.392 e. The maximum absolute atomic E-state index is 10.1. The van der Waals surface area contributed by atoms with Crippen LogP contribution in [0.1, 0.15) is 39.5 Å². The quantitative estimate of drug-likeness (QED) is 0.360. The van der Waals surface area contributed by atoms with Gasteiger partial charge in [0, 0.05) is 35.7 Å². The molecule has 2 fully saturated rings. The largest absolute Gasteiger partial charge is 0.392 e. The molecule has 5 heteroatoms. The van der Waals surface area contributed by atoms with Crippen LogP contribution in [0.2, 0.25) is 0 Å². The average Bonchev–Trinajstić information content (AvgIpc) is 3.19. The molecule has 3 aromatic rings. The number of thiazole rings is 1. The summed E-state index contributed by atoms with van der Waals surface area (Å²) in [5.41, 5.74) is 2.13. The van der Waals surface area contributed by atoms with E-state index in [9.17, 15) is 10.2 Å². The summed E-state index contributed by atoms with van der Waals surface area (Å²) in [6.07, 6.45) is 4.12. The Morgan fingerprint density at radius 2 is 1.53 bits per heavy atom. The van der Waals surface area contributed by atoms with Crippen molar-refractivity contribution in [2.75, 3.05) is 0 Å². The van der Waals surface area contributed by atoms with Gasteiger partial charge >= 0.3 is 0 Å². The topological polar surface area (TPSA) is 53.4 Å². The predicted molar refractivity (Wildman–Crippen MR) is 120 cm³/mol. The normalized spacial score (nSPS) is 30.5. The fraction of sp³-hybridized carbons (Fsp3) is 0.480. The molecule has 4 atom stereocenters. The smallest absolute Gasteiger partial charge is 0.0697 e. The van der Waals surface area contributed by atoms with Crippen molar-refractivity contribution >= 4 is 21.6 Å². The second kappa shape index (κ2) is 10.5. The molecule has 0 saturated heterocycles. The number of nitrogens with zero attached hydrogens (tertiary/aromatic N) is 1. The molecule has 2 aliphatic rings. The number of hydrogen-bond acceptors (Lipinski definition) is 4. The van der Waals surface area contributed by atoms with Crippen molar-refractivity contribution in [3.05, 3.63) is 54.6 Å². The number of aromatic nitrogens is 1. The zero-order valence-electron chi connectivity index (χ0n) is 17.5. The minimum atomic E-state index is -0.272. The summed E-state index contributed by atoms with van der Waals surface area (Å²) in [7, 11) is 0. The molecule has 0 amide bonds. The maximum Gasteiger partial charge on any atom is 0.0697 e. The minimum absolute atomic E-state index is 0. The van der Waals surface area contributed by atoms with Crippen LogP contribution in [0.25, 0.3) is 20.8 Å². The van der Waals surface area contributed by atoms with Crippen LogP contribution in [0, 0.1) is 29.7 Å². The van der Waals surface area contributed by atoms with Crippen molar-refractivity contribution < 1.29 is 30.3 Å². The fourth-order valence-corrected chi connectivity index (χ4v) is 5.81. The predicted octanol–water partition coefficient (Wildman–Crippen LogP) is 5.56. The standard InChI is InChI=1S/C13H8NS.C12H22O2.Ir/c1-2-6-10(7-3-1)13-14-11-8-4-5-9-12(11)15-13;1-7-3-5-9-6-4-8(2)12(14)10(9)11(7)13;/h1-6,8-9H;7-14H,3-6H2,1-2H3;/q-1;;/t;7-,8-,9?,10?,11?,12?;/m.0./s1. The van der Waals surface area contributed by atoms with Crippen molar-refractivity contribution in [1.82, 2.24) is 4.98 Å². The fourth-order valence-electron chi connectivity index (χ4n) is 4.86. The first-order chi connectivity index (χ1) is 14.0. The third-order valence-electron chi connectivity index (χ3n) is 6.72. The molecule has 0 spiro atoms. The van der Waals surface area contributed by atoms with Gasteiger partial charge in [-0.1, -0.05) is 26.0 Å². The van der Waals surface area contributed by atoms with Gasteiger partial charge in [-0.25, -0.2) is 0 Å². The van der Waals surface area contributed by atoms with Gasteiger partial charge in [-0.15, -0.1) is 35.9 Å². The molecule has 2 saturated carbocycles. The Labute approximate surface area is 196 Å². The molecule has 0 aliphatic heterocycles. The molecular formula is C25H30IrNO2S-. The van der Waals surface area contributed by atoms with Gasteiger partial charge in [-0.3, -0.25) is 4.98 Å². The van der Waals surface area contributed by atoms with Crippen LogP contribution in [-0.2, 0) is 20.1 Å². The van der Waals surface area contributed by atoms with Gasteiger partial charge in [0.1, 0.15) is 0 Å². The average molecular weight is 601 g/mol. The van der Waals surface area contributed by atoms with Crippen LogP contribution < -0.4 is 0 Å². The van der Waals surface area contributed by atoms with Crippen LogP contribution in [0.3, 0.4) is 0 Å². The van der Waals surface area contributed by atoms with Gasteiger partial charge in [0.2, 0.25) is 0 Å². The summed E-state index contributed by atoms with van der Waals surface area (Å²) in [6, 6.07) is 19.3. The molecule has 2 unspecified atom stereocenters. The first kappa shape index (κ1) is 23.6. The molecule has 30 heavy (non-hydrogen) atoms. The van der Waals surface area contributed by atoms with E-state index < -0.39 is 0 Å². The number of benzene rings is 2. The van der Waals surface area contributed by atoms with Crippen LogP contribution in [0.15, 0.2) is 48.5 Å². The first-order valence-corrected chi connectivity index (χ1v) is 11.5. The van der Waals surface area contributed by atoms with Gasteiger partial charge in [0.05, 0.1) is 17.7 Å². The number of hydrogen-bond donors (Lipinski definition) is 2. The van der Waals surface area contributed by atoms with E-state index in [2.05, 4.69) is 31.0 Å². The molecule has 1 radical (unpaired) electrons. The van der Waals surface area contributed by atoms with E-state index in [1.54, 1.807) is 11.3 Å². The Morgan fingerprint density at radius 3 is 2.13 bits per heavy atom. The van der Waals surface area contributed by atoms with Crippen molar-refractivity contribution in [3.63, 3.8) is 0 Å². The van der Waals surface area contributed by atoms with E-state index in [-0.39, 0.29) is 38.2 Å². The Hall–Kier alpha value is -1.10. The summed E-state index contributed by atoms with van der Waals surface area (Å²) >= 11 is 1.71. The number of rotatable bonds is 1. The molecule has 2 aromatic carbocycles. The zero-order valence-corrected chi connectivity index (χ0v) is 20.7. The zero-order chi connectivity index (χ0) is 20.4. The van der Waals surface area contributed by atoms with Crippen LogP contribution in [0.4, 0.5) is 0 Å². The van der Waals surface area contributed by atoms with Crippen molar-refractivity contribution in [2.45, 2.75) is 51.7 Å². The number of aliphatic hydroxyl groups is 2. The van der Waals surface area contributed by atoms with Crippen molar-refractivity contribution in [3.8, 4) is 10.6 Å². The Bertz CT molecular complexity index is 875. The molecule has 5 rings (SSSR count). The monoisotopic (exact) mass is 601 g/mol. The molecule has 3 nitrogen and oxygen atoms in total. The molecule has 1 aromatic heterocycles. The summed E-state index contributed by atoms with van der Waals surface area (Å²) in [4.78, 5) is 4.57. The number of aliphatic hydroxyl groups excluding tert-OH is 2. The van der Waals surface area contributed by atoms with Gasteiger partial charge < -0.3 is 10.2 Å². The van der Waals surface area contributed by atoms with Crippen molar-refractivity contribution in [1.29, 1.82) is 0 Å². The van der Waals surface area contributed by atoms with Gasteiger partial charge in [-0.05, 0) is 55.6 Å². The Balaban J connectivity index is 0.000000166. The van der Waals surface area contributed by atoms with Crippen LogP contribution in [-0.4, -0.2) is 27.4 Å². The molecule has 2 aliphatic carbocycles. The van der Waals surface area contributed by atoms with Gasteiger partial charge in [0.25, 0.3) is 0 Å².